The Balaban J connectivity index is 3.43. The normalized spacial score (nSPS) is 11.5. The van der Waals surface area contributed by atoms with Crippen LogP contribution in [-0.2, 0) is 14.3 Å². The topological polar surface area (TPSA) is 40.0 Å². The Morgan fingerprint density at radius 1 is 1.31 bits per heavy atom. The molecule has 0 saturated heterocycles. The molecule has 0 heterocycles. The molecule has 0 saturated carbocycles. The number of nitrogens with zero attached hydrogens (tertiary/aromatic N) is 1. The quantitative estimate of drug-likeness (QED) is 0.263. The minimum absolute atomic E-state index is 0.455. The third kappa shape index (κ3) is 9.04. The summed E-state index contributed by atoms with van der Waals surface area (Å²) >= 11 is 0. The first-order chi connectivity index (χ1) is 6.16. The second-order valence-corrected chi connectivity index (χ2v) is 2.67. The lowest BCUT2D eigenvalue weighted by molar-refractivity contribution is 0.0885. The molecule has 0 fully saturated rings. The van der Waals surface area contributed by atoms with Crippen LogP contribution in [0.15, 0.2) is 17.5 Å². The van der Waals surface area contributed by atoms with Crippen molar-refractivity contribution in [3.05, 3.63) is 12.3 Å². The number of allylic oxidation sites excluding steroid dienone is 1. The van der Waals surface area contributed by atoms with E-state index in [4.69, 9.17) is 14.3 Å². The Kier molecular flexibility index (Phi) is 7.24. The van der Waals surface area contributed by atoms with Crippen LogP contribution in [0.1, 0.15) is 13.8 Å². The fourth-order valence-electron chi connectivity index (χ4n) is 0.544. The van der Waals surface area contributed by atoms with Crippen molar-refractivity contribution in [1.29, 1.82) is 0 Å². The summed E-state index contributed by atoms with van der Waals surface area (Å²) < 4.78 is 10.0. The number of hydrogen-bond acceptors (Lipinski definition) is 4. The zero-order valence-corrected chi connectivity index (χ0v) is 8.50. The van der Waals surface area contributed by atoms with E-state index in [1.54, 1.807) is 14.0 Å². The van der Waals surface area contributed by atoms with Gasteiger partial charge in [-0.25, -0.2) is 0 Å². The van der Waals surface area contributed by atoms with Crippen LogP contribution in [0.25, 0.3) is 0 Å². The van der Waals surface area contributed by atoms with E-state index in [1.807, 2.05) is 6.92 Å². The summed E-state index contributed by atoms with van der Waals surface area (Å²) in [5.41, 5.74) is 0.777. The van der Waals surface area contributed by atoms with E-state index in [0.717, 1.165) is 5.71 Å². The Morgan fingerprint density at radius 2 is 2.00 bits per heavy atom. The molecule has 0 bridgehead atoms. The van der Waals surface area contributed by atoms with Crippen molar-refractivity contribution in [2.45, 2.75) is 13.8 Å². The number of methoxy groups -OCH3 is 1. The van der Waals surface area contributed by atoms with Crippen LogP contribution in [0.5, 0.6) is 0 Å². The highest BCUT2D eigenvalue weighted by atomic mass is 16.6. The lowest BCUT2D eigenvalue weighted by Crippen LogP contribution is -2.09. The molecular weight excluding hydrogens is 170 g/mol. The predicted molar refractivity (Wildman–Crippen MR) is 51.7 cm³/mol. The van der Waals surface area contributed by atoms with Crippen molar-refractivity contribution in [2.24, 2.45) is 5.16 Å². The van der Waals surface area contributed by atoms with Crippen molar-refractivity contribution in [1.82, 2.24) is 0 Å². The van der Waals surface area contributed by atoms with Crippen LogP contribution in [0.3, 0.4) is 0 Å². The zero-order valence-electron chi connectivity index (χ0n) is 8.50. The lowest BCUT2D eigenvalue weighted by atomic mass is 10.5. The molecule has 0 aliphatic rings. The van der Waals surface area contributed by atoms with Gasteiger partial charge in [0.2, 0.25) is 0 Å². The first kappa shape index (κ1) is 12.1. The maximum absolute atomic E-state index is 5.20. The van der Waals surface area contributed by atoms with Gasteiger partial charge in [-0.05, 0) is 13.8 Å². The SMILES string of the molecule is C=C(C)O/N=C(\C)COCCOC. The van der Waals surface area contributed by atoms with E-state index in [1.165, 1.54) is 0 Å². The number of rotatable bonds is 7. The van der Waals surface area contributed by atoms with Crippen LogP contribution >= 0.6 is 0 Å². The highest BCUT2D eigenvalue weighted by Crippen LogP contribution is 1.92. The molecule has 0 spiro atoms. The molecule has 0 aromatic heterocycles. The molecule has 0 rings (SSSR count). The minimum Gasteiger partial charge on any atom is -0.382 e. The standard InChI is InChI=1S/C9H17NO3/c1-8(2)13-10-9(3)7-12-6-5-11-4/h1,5-7H2,2-4H3/b10-9+. The highest BCUT2D eigenvalue weighted by Gasteiger charge is 1.92. The largest absolute Gasteiger partial charge is 0.382 e. The summed E-state index contributed by atoms with van der Waals surface area (Å²) in [6.07, 6.45) is 0. The summed E-state index contributed by atoms with van der Waals surface area (Å²) in [6, 6.07) is 0. The van der Waals surface area contributed by atoms with Gasteiger partial charge in [0.15, 0.2) is 0 Å². The molecule has 0 atom stereocenters. The van der Waals surface area contributed by atoms with Crippen LogP contribution in [-0.4, -0.2) is 32.6 Å². The van der Waals surface area contributed by atoms with Gasteiger partial charge in [0.05, 0.1) is 25.5 Å². The van der Waals surface area contributed by atoms with E-state index in [0.29, 0.717) is 25.6 Å². The summed E-state index contributed by atoms with van der Waals surface area (Å²) in [6.45, 7) is 8.73. The average molecular weight is 187 g/mol. The van der Waals surface area contributed by atoms with E-state index in [9.17, 15) is 0 Å². The van der Waals surface area contributed by atoms with Gasteiger partial charge >= 0.3 is 0 Å². The summed E-state index contributed by atoms with van der Waals surface area (Å²) in [4.78, 5) is 4.84. The fraction of sp³-hybridized carbons (Fsp3) is 0.667. The van der Waals surface area contributed by atoms with Gasteiger partial charge in [-0.15, -0.1) is 0 Å². The molecule has 0 aliphatic carbocycles. The van der Waals surface area contributed by atoms with Crippen LogP contribution in [0, 0.1) is 0 Å². The van der Waals surface area contributed by atoms with Crippen LogP contribution < -0.4 is 0 Å². The maximum Gasteiger partial charge on any atom is 0.124 e. The van der Waals surface area contributed by atoms with Crippen LogP contribution in [0.2, 0.25) is 0 Å². The number of hydrogen-bond donors (Lipinski definition) is 0. The smallest absolute Gasteiger partial charge is 0.124 e. The Bertz CT molecular complexity index is 178. The van der Waals surface area contributed by atoms with E-state index in [2.05, 4.69) is 11.7 Å². The molecule has 0 aromatic carbocycles. The second kappa shape index (κ2) is 7.76. The van der Waals surface area contributed by atoms with Gasteiger partial charge < -0.3 is 14.3 Å². The van der Waals surface area contributed by atoms with Crippen molar-refractivity contribution < 1.29 is 14.3 Å². The molecule has 0 amide bonds. The Hall–Kier alpha value is -0.870. The Labute approximate surface area is 79.2 Å². The van der Waals surface area contributed by atoms with Gasteiger partial charge in [-0.1, -0.05) is 11.7 Å². The lowest BCUT2D eigenvalue weighted by Gasteiger charge is -2.02. The second-order valence-electron chi connectivity index (χ2n) is 2.67. The molecule has 0 N–H and O–H groups in total. The van der Waals surface area contributed by atoms with Crippen molar-refractivity contribution >= 4 is 5.71 Å². The van der Waals surface area contributed by atoms with Crippen LogP contribution in [0.4, 0.5) is 0 Å². The summed E-state index contributed by atoms with van der Waals surface area (Å²) in [5, 5.41) is 3.77. The number of oxime groups is 1. The van der Waals surface area contributed by atoms with Gasteiger partial charge in [0.25, 0.3) is 0 Å². The molecule has 0 aromatic rings. The first-order valence-corrected chi connectivity index (χ1v) is 4.09. The minimum atomic E-state index is 0.455. The molecule has 76 valence electrons. The number of ether oxygens (including phenoxy) is 2. The van der Waals surface area contributed by atoms with Crippen molar-refractivity contribution in [3.8, 4) is 0 Å². The molecule has 4 heteroatoms. The molecule has 0 aliphatic heterocycles. The average Bonchev–Trinajstić information content (AvgIpc) is 2.09. The first-order valence-electron chi connectivity index (χ1n) is 4.09. The zero-order chi connectivity index (χ0) is 10.1. The van der Waals surface area contributed by atoms with Gasteiger partial charge in [-0.3, -0.25) is 0 Å². The Morgan fingerprint density at radius 3 is 2.54 bits per heavy atom. The van der Waals surface area contributed by atoms with Crippen molar-refractivity contribution in [2.75, 3.05) is 26.9 Å². The van der Waals surface area contributed by atoms with Gasteiger partial charge in [0, 0.05) is 7.11 Å². The van der Waals surface area contributed by atoms with Crippen molar-refractivity contribution in [3.63, 3.8) is 0 Å². The van der Waals surface area contributed by atoms with E-state index >= 15 is 0 Å². The van der Waals surface area contributed by atoms with E-state index in [-0.39, 0.29) is 0 Å². The van der Waals surface area contributed by atoms with Gasteiger partial charge in [0.1, 0.15) is 5.76 Å². The monoisotopic (exact) mass is 187 g/mol. The molecule has 13 heavy (non-hydrogen) atoms. The molecule has 0 unspecified atom stereocenters. The van der Waals surface area contributed by atoms with E-state index < -0.39 is 0 Å². The fourth-order valence-corrected chi connectivity index (χ4v) is 0.544. The summed E-state index contributed by atoms with van der Waals surface area (Å²) in [5.74, 6) is 0.566. The molecular formula is C9H17NO3. The third-order valence-corrected chi connectivity index (χ3v) is 1.10. The predicted octanol–water partition coefficient (Wildman–Crippen LogP) is 1.58. The highest BCUT2D eigenvalue weighted by molar-refractivity contribution is 5.82. The third-order valence-electron chi connectivity index (χ3n) is 1.10. The maximum atomic E-state index is 5.20. The summed E-state index contributed by atoms with van der Waals surface area (Å²) in [7, 11) is 1.63. The van der Waals surface area contributed by atoms with Gasteiger partial charge in [-0.2, -0.15) is 0 Å². The molecule has 0 radical (unpaired) electrons. The molecule has 4 nitrogen and oxygen atoms in total.